The van der Waals surface area contributed by atoms with E-state index in [9.17, 15) is 9.59 Å². The van der Waals surface area contributed by atoms with E-state index in [1.165, 1.54) is 4.90 Å². The van der Waals surface area contributed by atoms with Crippen molar-refractivity contribution in [2.45, 2.75) is 6.54 Å². The molecule has 2 aromatic carbocycles. The fourth-order valence-electron chi connectivity index (χ4n) is 2.12. The molecule has 3 rings (SSSR count). The fraction of sp³-hybridized carbons (Fsp3) is 0.0588. The predicted molar refractivity (Wildman–Crippen MR) is 99.8 cm³/mol. The summed E-state index contributed by atoms with van der Waals surface area (Å²) in [6, 6.07) is 15.2. The molecule has 0 aromatic heterocycles. The first-order valence-corrected chi connectivity index (χ1v) is 9.18. The molecule has 2 aromatic rings. The molecule has 23 heavy (non-hydrogen) atoms. The average molecular weight is 453 g/mol. The van der Waals surface area contributed by atoms with Crippen molar-refractivity contribution in [2.24, 2.45) is 0 Å². The van der Waals surface area contributed by atoms with E-state index in [2.05, 4.69) is 31.9 Å². The summed E-state index contributed by atoms with van der Waals surface area (Å²) in [7, 11) is 0. The molecule has 0 N–H and O–H groups in total. The van der Waals surface area contributed by atoms with Gasteiger partial charge in [-0.15, -0.1) is 0 Å². The smallest absolute Gasteiger partial charge is 0.268 e. The topological polar surface area (TPSA) is 37.4 Å². The Kier molecular flexibility index (Phi) is 5.04. The largest absolute Gasteiger partial charge is 0.293 e. The van der Waals surface area contributed by atoms with Crippen LogP contribution in [0.5, 0.6) is 0 Å². The number of thioether (sulfide) groups is 1. The lowest BCUT2D eigenvalue weighted by Gasteiger charge is -2.12. The van der Waals surface area contributed by atoms with E-state index in [0.29, 0.717) is 4.91 Å². The first-order valence-electron chi connectivity index (χ1n) is 6.78. The molecular weight excluding hydrogens is 442 g/mol. The number of hydrogen-bond donors (Lipinski definition) is 0. The number of benzene rings is 2. The van der Waals surface area contributed by atoms with Crippen LogP contribution in [0.3, 0.4) is 0 Å². The van der Waals surface area contributed by atoms with Crippen LogP contribution in [0, 0.1) is 0 Å². The molecule has 1 aliphatic heterocycles. The lowest BCUT2D eigenvalue weighted by molar-refractivity contribution is -0.123. The Hall–Kier alpha value is -1.37. The third kappa shape index (κ3) is 3.94. The molecule has 0 bridgehead atoms. The summed E-state index contributed by atoms with van der Waals surface area (Å²) in [5, 5.41) is -0.235. The van der Waals surface area contributed by atoms with Crippen molar-refractivity contribution < 1.29 is 9.59 Å². The van der Waals surface area contributed by atoms with E-state index in [1.807, 2.05) is 48.5 Å². The first-order chi connectivity index (χ1) is 11.0. The molecule has 0 saturated carbocycles. The van der Waals surface area contributed by atoms with Crippen LogP contribution in [0.4, 0.5) is 4.79 Å². The number of amides is 2. The highest BCUT2D eigenvalue weighted by Gasteiger charge is 2.34. The molecule has 0 atom stereocenters. The highest BCUT2D eigenvalue weighted by molar-refractivity contribution is 9.10. The minimum Gasteiger partial charge on any atom is -0.268 e. The van der Waals surface area contributed by atoms with E-state index < -0.39 is 0 Å². The fourth-order valence-corrected chi connectivity index (χ4v) is 3.49. The predicted octanol–water partition coefficient (Wildman–Crippen LogP) is 5.45. The van der Waals surface area contributed by atoms with E-state index in [-0.39, 0.29) is 17.7 Å². The van der Waals surface area contributed by atoms with Crippen LogP contribution in [0.15, 0.2) is 62.4 Å². The van der Waals surface area contributed by atoms with Crippen molar-refractivity contribution in [3.05, 3.63) is 73.5 Å². The van der Waals surface area contributed by atoms with Gasteiger partial charge in [-0.1, -0.05) is 56.1 Å². The molecule has 0 radical (unpaired) electrons. The molecule has 1 saturated heterocycles. The summed E-state index contributed by atoms with van der Waals surface area (Å²) in [5.74, 6) is -0.245. The highest BCUT2D eigenvalue weighted by Crippen LogP contribution is 2.33. The van der Waals surface area contributed by atoms with Crippen LogP contribution in [-0.2, 0) is 11.3 Å². The number of halogens is 2. The second-order valence-electron chi connectivity index (χ2n) is 4.95. The number of nitrogens with zero attached hydrogens (tertiary/aromatic N) is 1. The van der Waals surface area contributed by atoms with Crippen LogP contribution in [0.2, 0.25) is 0 Å². The Morgan fingerprint density at radius 2 is 1.48 bits per heavy atom. The average Bonchev–Trinajstić information content (AvgIpc) is 2.79. The maximum Gasteiger partial charge on any atom is 0.293 e. The van der Waals surface area contributed by atoms with Crippen molar-refractivity contribution in [3.8, 4) is 0 Å². The van der Waals surface area contributed by atoms with Crippen molar-refractivity contribution >= 4 is 60.8 Å². The van der Waals surface area contributed by atoms with E-state index in [1.54, 1.807) is 6.08 Å². The van der Waals surface area contributed by atoms with Crippen LogP contribution in [0.25, 0.3) is 6.08 Å². The SMILES string of the molecule is O=C1S/C(=C\c2ccc(Br)cc2)C(=O)N1Cc1ccc(Br)cc1. The van der Waals surface area contributed by atoms with Gasteiger partial charge in [0.05, 0.1) is 11.4 Å². The van der Waals surface area contributed by atoms with Gasteiger partial charge in [-0.2, -0.15) is 0 Å². The van der Waals surface area contributed by atoms with Gasteiger partial charge in [0.1, 0.15) is 0 Å². The summed E-state index contributed by atoms with van der Waals surface area (Å²) >= 11 is 7.72. The normalized spacial score (nSPS) is 16.4. The monoisotopic (exact) mass is 451 g/mol. The van der Waals surface area contributed by atoms with Crippen molar-refractivity contribution in [1.29, 1.82) is 0 Å². The van der Waals surface area contributed by atoms with Gasteiger partial charge in [0.2, 0.25) is 0 Å². The highest BCUT2D eigenvalue weighted by atomic mass is 79.9. The zero-order valence-corrected chi connectivity index (χ0v) is 15.8. The third-order valence-corrected chi connectivity index (χ3v) is 5.26. The molecule has 3 nitrogen and oxygen atoms in total. The van der Waals surface area contributed by atoms with Crippen LogP contribution in [-0.4, -0.2) is 16.0 Å². The number of hydrogen-bond acceptors (Lipinski definition) is 3. The summed E-state index contributed by atoms with van der Waals surface area (Å²) < 4.78 is 1.93. The van der Waals surface area contributed by atoms with E-state index >= 15 is 0 Å². The minimum atomic E-state index is -0.245. The number of imide groups is 1. The second kappa shape index (κ2) is 7.03. The van der Waals surface area contributed by atoms with Gasteiger partial charge in [-0.05, 0) is 53.2 Å². The van der Waals surface area contributed by atoms with E-state index in [4.69, 9.17) is 0 Å². The Morgan fingerprint density at radius 1 is 0.913 bits per heavy atom. The maximum atomic E-state index is 12.5. The molecule has 1 aliphatic rings. The van der Waals surface area contributed by atoms with Gasteiger partial charge in [0, 0.05) is 8.95 Å². The Morgan fingerprint density at radius 3 is 2.09 bits per heavy atom. The Bertz CT molecular complexity index is 785. The zero-order valence-electron chi connectivity index (χ0n) is 11.8. The van der Waals surface area contributed by atoms with E-state index in [0.717, 1.165) is 31.8 Å². The molecule has 0 unspecified atom stereocenters. The first kappa shape index (κ1) is 16.5. The van der Waals surface area contributed by atoms with Gasteiger partial charge in [0.15, 0.2) is 0 Å². The zero-order chi connectivity index (χ0) is 16.4. The van der Waals surface area contributed by atoms with Gasteiger partial charge >= 0.3 is 0 Å². The van der Waals surface area contributed by atoms with Gasteiger partial charge in [-0.3, -0.25) is 14.5 Å². The van der Waals surface area contributed by atoms with Crippen LogP contribution < -0.4 is 0 Å². The molecule has 1 fully saturated rings. The number of carbonyl (C=O) groups is 2. The van der Waals surface area contributed by atoms with Gasteiger partial charge in [-0.25, -0.2) is 0 Å². The molecule has 0 aliphatic carbocycles. The molecular formula is C17H11Br2NO2S. The molecule has 2 amide bonds. The van der Waals surface area contributed by atoms with Crippen LogP contribution >= 0.6 is 43.6 Å². The lowest BCUT2D eigenvalue weighted by Crippen LogP contribution is -2.27. The molecule has 116 valence electrons. The van der Waals surface area contributed by atoms with Gasteiger partial charge < -0.3 is 0 Å². The molecule has 1 heterocycles. The number of carbonyl (C=O) groups excluding carboxylic acids is 2. The standard InChI is InChI=1S/C17H11Br2NO2S/c18-13-5-1-11(2-6-13)9-15-16(21)20(17(22)23-15)10-12-3-7-14(19)8-4-12/h1-9H,10H2/b15-9-. The second-order valence-corrected chi connectivity index (χ2v) is 7.77. The third-order valence-electron chi connectivity index (χ3n) is 3.30. The van der Waals surface area contributed by atoms with Crippen molar-refractivity contribution in [2.75, 3.05) is 0 Å². The lowest BCUT2D eigenvalue weighted by atomic mass is 10.2. The Labute approximate surface area is 155 Å². The summed E-state index contributed by atoms with van der Waals surface area (Å²) in [4.78, 5) is 26.3. The molecule has 6 heteroatoms. The summed E-state index contributed by atoms with van der Waals surface area (Å²) in [5.41, 5.74) is 1.81. The summed E-state index contributed by atoms with van der Waals surface area (Å²) in [6.45, 7) is 0.287. The number of rotatable bonds is 3. The summed E-state index contributed by atoms with van der Waals surface area (Å²) in [6.07, 6.45) is 1.75. The van der Waals surface area contributed by atoms with Crippen LogP contribution in [0.1, 0.15) is 11.1 Å². The maximum absolute atomic E-state index is 12.5. The molecule has 0 spiro atoms. The minimum absolute atomic E-state index is 0.235. The van der Waals surface area contributed by atoms with Crippen molar-refractivity contribution in [3.63, 3.8) is 0 Å². The van der Waals surface area contributed by atoms with Gasteiger partial charge in [0.25, 0.3) is 11.1 Å². The Balaban J connectivity index is 1.79. The quantitative estimate of drug-likeness (QED) is 0.581. The van der Waals surface area contributed by atoms with Crippen molar-refractivity contribution in [1.82, 2.24) is 4.90 Å².